The Bertz CT molecular complexity index is 581. The molecule has 0 aromatic heterocycles. The predicted octanol–water partition coefficient (Wildman–Crippen LogP) is 4.23. The van der Waals surface area contributed by atoms with Gasteiger partial charge in [-0.1, -0.05) is 26.0 Å². The lowest BCUT2D eigenvalue weighted by atomic mass is 10.2. The summed E-state index contributed by atoms with van der Waals surface area (Å²) in [5.74, 6) is 0. The summed E-state index contributed by atoms with van der Waals surface area (Å²) in [5.41, 5.74) is 0.612. The topological polar surface area (TPSA) is 89.8 Å². The van der Waals surface area contributed by atoms with E-state index in [1.54, 1.807) is 19.1 Å². The lowest BCUT2D eigenvalue weighted by Gasteiger charge is -2.28. The van der Waals surface area contributed by atoms with Crippen molar-refractivity contribution in [2.45, 2.75) is 39.0 Å². The number of non-ortho nitro benzene ring substituents is 1. The van der Waals surface area contributed by atoms with Crippen molar-refractivity contribution < 1.29 is 18.8 Å². The number of carbonyl (C=O) groups is 1. The first-order valence-corrected chi connectivity index (χ1v) is 10.3. The van der Waals surface area contributed by atoms with Gasteiger partial charge in [0.05, 0.1) is 18.1 Å². The molecule has 1 amide bonds. The molecule has 0 bridgehead atoms. The van der Waals surface area contributed by atoms with Crippen LogP contribution in [0.3, 0.4) is 0 Å². The lowest BCUT2D eigenvalue weighted by Crippen LogP contribution is -2.19. The fourth-order valence-electron chi connectivity index (χ4n) is 1.72. The molecule has 1 aromatic rings. The number of hydrogen-bond donors (Lipinski definition) is 0. The highest BCUT2D eigenvalue weighted by Crippen LogP contribution is 2.64. The summed E-state index contributed by atoms with van der Waals surface area (Å²) in [4.78, 5) is 21.6. The van der Waals surface area contributed by atoms with Crippen molar-refractivity contribution in [1.29, 1.82) is 0 Å². The molecule has 23 heavy (non-hydrogen) atoms. The third-order valence-corrected chi connectivity index (χ3v) is 8.34. The van der Waals surface area contributed by atoms with Crippen LogP contribution in [0, 0.1) is 10.1 Å². The molecule has 2 unspecified atom stereocenters. The second kappa shape index (κ2) is 9.05. The minimum atomic E-state index is -3.35. The molecule has 0 fully saturated rings. The third kappa shape index (κ3) is 5.64. The molecule has 128 valence electrons. The Labute approximate surface area is 139 Å². The van der Waals surface area contributed by atoms with Crippen LogP contribution in [-0.4, -0.2) is 27.9 Å². The molecular weight excluding hydrogens is 339 g/mol. The van der Waals surface area contributed by atoms with Crippen LogP contribution >= 0.6 is 18.1 Å². The second-order valence-corrected chi connectivity index (χ2v) is 9.58. The average Bonchev–Trinajstić information content (AvgIpc) is 2.52. The molecule has 2 atom stereocenters. The number of carbonyl (C=O) groups excluding carboxylic acids is 1. The van der Waals surface area contributed by atoms with E-state index < -0.39 is 11.6 Å². The zero-order valence-corrected chi connectivity index (χ0v) is 15.1. The van der Waals surface area contributed by atoms with Gasteiger partial charge in [-0.05, 0) is 30.3 Å². The van der Waals surface area contributed by atoms with Crippen LogP contribution in [0.4, 0.5) is 5.69 Å². The molecule has 0 N–H and O–H groups in total. The maximum atomic E-state index is 13.0. The van der Waals surface area contributed by atoms with E-state index in [4.69, 9.17) is 4.52 Å². The zero-order chi connectivity index (χ0) is 17.5. The van der Waals surface area contributed by atoms with Crippen LogP contribution in [0.5, 0.6) is 0 Å². The number of benzene rings is 1. The highest BCUT2D eigenvalue weighted by atomic mass is 32.7. The molecule has 1 rings (SSSR count). The van der Waals surface area contributed by atoms with E-state index >= 15 is 0 Å². The standard InChI is InChI=1S/C14H21N2O5PS/c1-4-12(3)23-22(20,21-5-2)15(11-17)10-13-6-8-14(9-7-13)16(18)19/h6-9,11-12H,4-5,10H2,1-3H3. The minimum Gasteiger partial charge on any atom is -0.306 e. The number of nitro groups is 1. The van der Waals surface area contributed by atoms with Crippen molar-refractivity contribution in [3.05, 3.63) is 39.9 Å². The quantitative estimate of drug-likeness (QED) is 0.268. The lowest BCUT2D eigenvalue weighted by molar-refractivity contribution is -0.384. The van der Waals surface area contributed by atoms with E-state index in [-0.39, 0.29) is 24.1 Å². The summed E-state index contributed by atoms with van der Waals surface area (Å²) >= 11 is 1.15. The average molecular weight is 360 g/mol. The molecular formula is C14H21N2O5PS. The van der Waals surface area contributed by atoms with Crippen LogP contribution in [-0.2, 0) is 20.4 Å². The maximum Gasteiger partial charge on any atom is 0.356 e. The molecule has 0 radical (unpaired) electrons. The summed E-state index contributed by atoms with van der Waals surface area (Å²) in [6, 6.07) is 5.79. The van der Waals surface area contributed by atoms with Crippen molar-refractivity contribution in [3.63, 3.8) is 0 Å². The number of hydrogen-bond acceptors (Lipinski definition) is 6. The Kier molecular flexibility index (Phi) is 7.75. The van der Waals surface area contributed by atoms with Gasteiger partial charge in [0.15, 0.2) is 0 Å². The largest absolute Gasteiger partial charge is 0.356 e. The van der Waals surface area contributed by atoms with Gasteiger partial charge in [-0.2, -0.15) is 0 Å². The highest BCUT2D eigenvalue weighted by molar-refractivity contribution is 8.56. The van der Waals surface area contributed by atoms with Gasteiger partial charge in [-0.15, -0.1) is 0 Å². The van der Waals surface area contributed by atoms with Crippen LogP contribution in [0.25, 0.3) is 0 Å². The smallest absolute Gasteiger partial charge is 0.306 e. The summed E-state index contributed by atoms with van der Waals surface area (Å²) in [6.07, 6.45) is 1.30. The predicted molar refractivity (Wildman–Crippen MR) is 91.3 cm³/mol. The molecule has 0 spiro atoms. The van der Waals surface area contributed by atoms with Crippen LogP contribution in [0.2, 0.25) is 0 Å². The summed E-state index contributed by atoms with van der Waals surface area (Å²) < 4.78 is 19.6. The molecule has 0 saturated carbocycles. The highest BCUT2D eigenvalue weighted by Gasteiger charge is 2.33. The van der Waals surface area contributed by atoms with Crippen LogP contribution in [0.1, 0.15) is 32.8 Å². The van der Waals surface area contributed by atoms with E-state index in [2.05, 4.69) is 0 Å². The van der Waals surface area contributed by atoms with E-state index in [0.717, 1.165) is 22.5 Å². The SMILES string of the molecule is CCOP(=O)(SC(C)CC)N(C=O)Cc1ccc([N+](=O)[O-])cc1. The Morgan fingerprint density at radius 2 is 2.00 bits per heavy atom. The fraction of sp³-hybridized carbons (Fsp3) is 0.500. The van der Waals surface area contributed by atoms with Gasteiger partial charge < -0.3 is 4.52 Å². The molecule has 0 heterocycles. The van der Waals surface area contributed by atoms with Crippen molar-refractivity contribution in [1.82, 2.24) is 4.67 Å². The molecule has 1 aromatic carbocycles. The normalized spacial score (nSPS) is 14.7. The van der Waals surface area contributed by atoms with Crippen LogP contribution in [0.15, 0.2) is 24.3 Å². The van der Waals surface area contributed by atoms with Gasteiger partial charge in [-0.25, -0.2) is 0 Å². The second-order valence-electron chi connectivity index (χ2n) is 4.84. The summed E-state index contributed by atoms with van der Waals surface area (Å²) in [7, 11) is 0. The zero-order valence-electron chi connectivity index (χ0n) is 13.4. The minimum absolute atomic E-state index is 0.0339. The van der Waals surface area contributed by atoms with Gasteiger partial charge in [0.2, 0.25) is 6.41 Å². The Hall–Kier alpha value is -1.37. The van der Waals surface area contributed by atoms with Gasteiger partial charge in [0.25, 0.3) is 5.69 Å². The van der Waals surface area contributed by atoms with Crippen LogP contribution < -0.4 is 0 Å². The van der Waals surface area contributed by atoms with Gasteiger partial charge in [0.1, 0.15) is 0 Å². The first kappa shape index (κ1) is 19.7. The van der Waals surface area contributed by atoms with Crippen molar-refractivity contribution >= 4 is 30.2 Å². The van der Waals surface area contributed by atoms with E-state index in [1.807, 2.05) is 13.8 Å². The molecule has 7 nitrogen and oxygen atoms in total. The molecule has 9 heteroatoms. The maximum absolute atomic E-state index is 13.0. The Morgan fingerprint density at radius 1 is 1.39 bits per heavy atom. The number of rotatable bonds is 10. The van der Waals surface area contributed by atoms with Gasteiger partial charge in [-0.3, -0.25) is 24.1 Å². The van der Waals surface area contributed by atoms with E-state index in [1.165, 1.54) is 12.1 Å². The fourth-order valence-corrected chi connectivity index (χ4v) is 6.40. The van der Waals surface area contributed by atoms with Gasteiger partial charge >= 0.3 is 6.72 Å². The number of nitro benzene ring substituents is 1. The summed E-state index contributed by atoms with van der Waals surface area (Å²) in [6.45, 7) is 2.56. The van der Waals surface area contributed by atoms with Crippen molar-refractivity contribution in [2.24, 2.45) is 0 Å². The van der Waals surface area contributed by atoms with Crippen molar-refractivity contribution in [3.8, 4) is 0 Å². The molecule has 0 saturated heterocycles. The Balaban J connectivity index is 2.96. The van der Waals surface area contributed by atoms with Crippen molar-refractivity contribution in [2.75, 3.05) is 6.61 Å². The molecule has 0 aliphatic carbocycles. The monoisotopic (exact) mass is 360 g/mol. The third-order valence-electron chi connectivity index (χ3n) is 3.11. The van der Waals surface area contributed by atoms with E-state index in [0.29, 0.717) is 12.0 Å². The Morgan fingerprint density at radius 3 is 2.43 bits per heavy atom. The first-order chi connectivity index (χ1) is 10.9. The number of nitrogens with zero attached hydrogens (tertiary/aromatic N) is 2. The molecule has 0 aliphatic heterocycles. The first-order valence-electron chi connectivity index (χ1n) is 7.25. The summed E-state index contributed by atoms with van der Waals surface area (Å²) in [5, 5.41) is 10.7. The molecule has 0 aliphatic rings. The number of amides is 1. The van der Waals surface area contributed by atoms with Gasteiger partial charge in [0, 0.05) is 17.4 Å². The van der Waals surface area contributed by atoms with E-state index in [9.17, 15) is 19.5 Å².